The smallest absolute Gasteiger partial charge is 0.275 e. The summed E-state index contributed by atoms with van der Waals surface area (Å²) in [5.74, 6) is 0.0468. The first kappa shape index (κ1) is 17.5. The minimum Gasteiger partial charge on any atom is -0.338 e. The number of anilines is 3. The molecule has 25 heavy (non-hydrogen) atoms. The van der Waals surface area contributed by atoms with Crippen molar-refractivity contribution in [1.29, 1.82) is 0 Å². The molecule has 0 aliphatic carbocycles. The number of amides is 1. The number of halogens is 3. The van der Waals surface area contributed by atoms with Crippen LogP contribution in [0.25, 0.3) is 0 Å². The molecule has 0 saturated carbocycles. The van der Waals surface area contributed by atoms with E-state index in [1.165, 1.54) is 12.4 Å². The Morgan fingerprint density at radius 3 is 2.44 bits per heavy atom. The standard InChI is InChI=1S/C17H11Cl3N4O/c18-10-2-1-3-12(6-10)23-17(25)15-8-22-16(9-21-15)24-14-7-11(19)4-5-13(14)20/h1-9H,(H,22,24)(H,23,25). The van der Waals surface area contributed by atoms with Crippen molar-refractivity contribution in [2.24, 2.45) is 0 Å². The highest BCUT2D eigenvalue weighted by Gasteiger charge is 2.10. The average molecular weight is 394 g/mol. The number of hydrogen-bond donors (Lipinski definition) is 2. The molecule has 2 N–H and O–H groups in total. The molecule has 0 radical (unpaired) electrons. The summed E-state index contributed by atoms with van der Waals surface area (Å²) in [6.45, 7) is 0. The molecule has 0 fully saturated rings. The second kappa shape index (κ2) is 7.70. The Morgan fingerprint density at radius 2 is 1.72 bits per heavy atom. The van der Waals surface area contributed by atoms with Crippen molar-refractivity contribution in [2.75, 3.05) is 10.6 Å². The van der Waals surface area contributed by atoms with Crippen molar-refractivity contribution in [2.45, 2.75) is 0 Å². The Morgan fingerprint density at radius 1 is 0.920 bits per heavy atom. The lowest BCUT2D eigenvalue weighted by molar-refractivity contribution is 0.102. The molecular formula is C17H11Cl3N4O. The molecule has 126 valence electrons. The van der Waals surface area contributed by atoms with Gasteiger partial charge in [-0.3, -0.25) is 4.79 Å². The van der Waals surface area contributed by atoms with Gasteiger partial charge < -0.3 is 10.6 Å². The van der Waals surface area contributed by atoms with E-state index in [0.717, 1.165) is 0 Å². The van der Waals surface area contributed by atoms with Crippen molar-refractivity contribution in [3.05, 3.63) is 75.6 Å². The number of rotatable bonds is 4. The first-order valence-electron chi connectivity index (χ1n) is 7.12. The number of benzene rings is 2. The fourth-order valence-electron chi connectivity index (χ4n) is 2.00. The number of carbonyl (C=O) groups is 1. The fraction of sp³-hybridized carbons (Fsp3) is 0. The number of nitrogens with zero attached hydrogens (tertiary/aromatic N) is 2. The summed E-state index contributed by atoms with van der Waals surface area (Å²) in [7, 11) is 0. The number of hydrogen-bond acceptors (Lipinski definition) is 4. The average Bonchev–Trinajstić information content (AvgIpc) is 2.59. The van der Waals surface area contributed by atoms with Gasteiger partial charge in [0.2, 0.25) is 0 Å². The van der Waals surface area contributed by atoms with E-state index in [1.807, 2.05) is 0 Å². The topological polar surface area (TPSA) is 66.9 Å². The van der Waals surface area contributed by atoms with E-state index in [9.17, 15) is 4.79 Å². The van der Waals surface area contributed by atoms with E-state index in [0.29, 0.717) is 32.3 Å². The summed E-state index contributed by atoms with van der Waals surface area (Å²) >= 11 is 17.9. The van der Waals surface area contributed by atoms with Crippen LogP contribution in [0.1, 0.15) is 10.5 Å². The maximum atomic E-state index is 12.2. The summed E-state index contributed by atoms with van der Waals surface area (Å²) in [4.78, 5) is 20.4. The van der Waals surface area contributed by atoms with Crippen LogP contribution in [0, 0.1) is 0 Å². The van der Waals surface area contributed by atoms with Crippen molar-refractivity contribution >= 4 is 57.9 Å². The third-order valence-electron chi connectivity index (χ3n) is 3.16. The number of carbonyl (C=O) groups excluding carboxylic acids is 1. The van der Waals surface area contributed by atoms with Crippen molar-refractivity contribution < 1.29 is 4.79 Å². The summed E-state index contributed by atoms with van der Waals surface area (Å²) in [6, 6.07) is 11.9. The molecule has 3 rings (SSSR count). The van der Waals surface area contributed by atoms with E-state index < -0.39 is 0 Å². The highest BCUT2D eigenvalue weighted by molar-refractivity contribution is 6.35. The van der Waals surface area contributed by atoms with Gasteiger partial charge in [0, 0.05) is 15.7 Å². The molecule has 3 aromatic rings. The van der Waals surface area contributed by atoms with E-state index >= 15 is 0 Å². The normalized spacial score (nSPS) is 10.4. The second-order valence-electron chi connectivity index (χ2n) is 5.00. The SMILES string of the molecule is O=C(Nc1cccc(Cl)c1)c1cnc(Nc2cc(Cl)ccc2Cl)cn1. The van der Waals surface area contributed by atoms with E-state index in [1.54, 1.807) is 42.5 Å². The van der Waals surface area contributed by atoms with Gasteiger partial charge >= 0.3 is 0 Å². The molecule has 0 aliphatic rings. The zero-order valence-electron chi connectivity index (χ0n) is 12.6. The van der Waals surface area contributed by atoms with E-state index in [-0.39, 0.29) is 11.6 Å². The Bertz CT molecular complexity index is 916. The van der Waals surface area contributed by atoms with Crippen molar-refractivity contribution in [3.63, 3.8) is 0 Å². The zero-order chi connectivity index (χ0) is 17.8. The van der Waals surface area contributed by atoms with Gasteiger partial charge in [0.25, 0.3) is 5.91 Å². The van der Waals surface area contributed by atoms with Gasteiger partial charge in [0.1, 0.15) is 11.5 Å². The molecule has 0 spiro atoms. The minimum atomic E-state index is -0.387. The van der Waals surface area contributed by atoms with Crippen LogP contribution in [-0.4, -0.2) is 15.9 Å². The summed E-state index contributed by atoms with van der Waals surface area (Å²) in [5, 5.41) is 7.26. The van der Waals surface area contributed by atoms with Crippen LogP contribution >= 0.6 is 34.8 Å². The predicted molar refractivity (Wildman–Crippen MR) is 101 cm³/mol. The monoisotopic (exact) mass is 392 g/mol. The van der Waals surface area contributed by atoms with Crippen molar-refractivity contribution in [3.8, 4) is 0 Å². The maximum absolute atomic E-state index is 12.2. The Hall–Kier alpha value is -2.34. The molecule has 2 aromatic carbocycles. The third-order valence-corrected chi connectivity index (χ3v) is 3.96. The molecule has 0 saturated heterocycles. The van der Waals surface area contributed by atoms with Gasteiger partial charge in [-0.2, -0.15) is 0 Å². The molecule has 0 aliphatic heterocycles. The molecule has 0 unspecified atom stereocenters. The van der Waals surface area contributed by atoms with E-state index in [4.69, 9.17) is 34.8 Å². The molecule has 1 aromatic heterocycles. The first-order valence-corrected chi connectivity index (χ1v) is 8.26. The molecule has 8 heteroatoms. The Balaban J connectivity index is 1.71. The molecule has 1 amide bonds. The largest absolute Gasteiger partial charge is 0.338 e. The lowest BCUT2D eigenvalue weighted by Crippen LogP contribution is -2.14. The fourth-order valence-corrected chi connectivity index (χ4v) is 2.53. The van der Waals surface area contributed by atoms with Crippen molar-refractivity contribution in [1.82, 2.24) is 9.97 Å². The maximum Gasteiger partial charge on any atom is 0.275 e. The molecule has 1 heterocycles. The van der Waals surface area contributed by atoms with Gasteiger partial charge in [-0.1, -0.05) is 40.9 Å². The van der Waals surface area contributed by atoms with Crippen LogP contribution in [-0.2, 0) is 0 Å². The van der Waals surface area contributed by atoms with Crippen LogP contribution in [0.3, 0.4) is 0 Å². The molecular weight excluding hydrogens is 383 g/mol. The number of aromatic nitrogens is 2. The van der Waals surface area contributed by atoms with Gasteiger partial charge in [-0.05, 0) is 36.4 Å². The Labute approximate surface area is 159 Å². The highest BCUT2D eigenvalue weighted by Crippen LogP contribution is 2.27. The van der Waals surface area contributed by atoms with Gasteiger partial charge in [0.15, 0.2) is 0 Å². The van der Waals surface area contributed by atoms with Crippen LogP contribution in [0.15, 0.2) is 54.9 Å². The highest BCUT2D eigenvalue weighted by atomic mass is 35.5. The van der Waals surface area contributed by atoms with Crippen LogP contribution < -0.4 is 10.6 Å². The van der Waals surface area contributed by atoms with Crippen LogP contribution in [0.5, 0.6) is 0 Å². The minimum absolute atomic E-state index is 0.169. The predicted octanol–water partition coefficient (Wildman–Crippen LogP) is 5.43. The van der Waals surface area contributed by atoms with E-state index in [2.05, 4.69) is 20.6 Å². The second-order valence-corrected chi connectivity index (χ2v) is 6.28. The lowest BCUT2D eigenvalue weighted by atomic mass is 10.3. The van der Waals surface area contributed by atoms with Gasteiger partial charge in [-0.25, -0.2) is 9.97 Å². The summed E-state index contributed by atoms with van der Waals surface area (Å²) < 4.78 is 0. The molecule has 0 bridgehead atoms. The molecule has 5 nitrogen and oxygen atoms in total. The zero-order valence-corrected chi connectivity index (χ0v) is 14.9. The van der Waals surface area contributed by atoms with Crippen LogP contribution in [0.4, 0.5) is 17.2 Å². The quantitative estimate of drug-likeness (QED) is 0.620. The summed E-state index contributed by atoms with van der Waals surface area (Å²) in [6.07, 6.45) is 2.80. The lowest BCUT2D eigenvalue weighted by Gasteiger charge is -2.08. The Kier molecular flexibility index (Phi) is 5.38. The van der Waals surface area contributed by atoms with Gasteiger partial charge in [0.05, 0.1) is 23.1 Å². The van der Waals surface area contributed by atoms with Gasteiger partial charge in [-0.15, -0.1) is 0 Å². The third kappa shape index (κ3) is 4.60. The summed E-state index contributed by atoms with van der Waals surface area (Å²) in [5.41, 5.74) is 1.34. The van der Waals surface area contributed by atoms with Crippen LogP contribution in [0.2, 0.25) is 15.1 Å². The molecule has 0 atom stereocenters. The first-order chi connectivity index (χ1) is 12.0. The number of nitrogens with one attached hydrogen (secondary N) is 2.